The average Bonchev–Trinajstić information content (AvgIpc) is 2.71. The van der Waals surface area contributed by atoms with Gasteiger partial charge < -0.3 is 15.0 Å². The van der Waals surface area contributed by atoms with Crippen molar-refractivity contribution < 1.29 is 13.2 Å². The minimum atomic E-state index is -4.19. The fraction of sp³-hybridized carbons (Fsp3) is 0.400. The summed E-state index contributed by atoms with van der Waals surface area (Å²) in [4.78, 5) is 9.47. The number of alkyl halides is 3. The Morgan fingerprint density at radius 1 is 1.44 bits per heavy atom. The van der Waals surface area contributed by atoms with Crippen LogP contribution in [0.5, 0.6) is 0 Å². The van der Waals surface area contributed by atoms with Crippen molar-refractivity contribution in [3.63, 3.8) is 0 Å². The van der Waals surface area contributed by atoms with Crippen LogP contribution in [-0.4, -0.2) is 34.1 Å². The van der Waals surface area contributed by atoms with Gasteiger partial charge in [0.05, 0.1) is 12.6 Å². The first-order valence-corrected chi connectivity index (χ1v) is 5.24. The molecule has 2 aromatic rings. The van der Waals surface area contributed by atoms with E-state index in [1.807, 2.05) is 0 Å². The lowest BCUT2D eigenvalue weighted by molar-refractivity contribution is -0.132. The number of nitrogens with zero attached hydrogens (tertiary/aromatic N) is 4. The second kappa shape index (κ2) is 4.35. The van der Waals surface area contributed by atoms with E-state index >= 15 is 0 Å². The molecular formula is C10H12F3N5. The van der Waals surface area contributed by atoms with Crippen molar-refractivity contribution in [3.8, 4) is 0 Å². The van der Waals surface area contributed by atoms with Gasteiger partial charge in [0.1, 0.15) is 5.82 Å². The number of fused-ring (bicyclic) bond motifs is 1. The molecule has 0 aliphatic carbocycles. The topological polar surface area (TPSA) is 59.5 Å². The first kappa shape index (κ1) is 12.5. The van der Waals surface area contributed by atoms with Crippen LogP contribution in [0.15, 0.2) is 18.6 Å². The van der Waals surface area contributed by atoms with Crippen LogP contribution in [0.1, 0.15) is 6.42 Å². The van der Waals surface area contributed by atoms with E-state index in [-0.39, 0.29) is 12.4 Å². The number of nitrogen functional groups attached to an aromatic ring is 1. The van der Waals surface area contributed by atoms with Crippen molar-refractivity contribution in [1.82, 2.24) is 14.4 Å². The molecule has 0 aliphatic heterocycles. The molecule has 2 rings (SSSR count). The summed E-state index contributed by atoms with van der Waals surface area (Å²) in [7, 11) is 1.53. The number of nitrogens with two attached hydrogens (primary N) is 1. The third kappa shape index (κ3) is 2.63. The van der Waals surface area contributed by atoms with Crippen LogP contribution in [0.2, 0.25) is 0 Å². The maximum Gasteiger partial charge on any atom is 0.390 e. The quantitative estimate of drug-likeness (QED) is 0.911. The Kier molecular flexibility index (Phi) is 3.02. The van der Waals surface area contributed by atoms with Gasteiger partial charge in [-0.25, -0.2) is 9.97 Å². The minimum Gasteiger partial charge on any atom is -0.382 e. The molecule has 5 nitrogen and oxygen atoms in total. The molecular weight excluding hydrogens is 247 g/mol. The van der Waals surface area contributed by atoms with Gasteiger partial charge >= 0.3 is 6.18 Å². The lowest BCUT2D eigenvalue weighted by Gasteiger charge is -2.19. The summed E-state index contributed by atoms with van der Waals surface area (Å²) in [6, 6.07) is 0. The highest BCUT2D eigenvalue weighted by Crippen LogP contribution is 2.23. The lowest BCUT2D eigenvalue weighted by Crippen LogP contribution is -2.25. The van der Waals surface area contributed by atoms with Crippen molar-refractivity contribution in [3.05, 3.63) is 18.6 Å². The zero-order valence-electron chi connectivity index (χ0n) is 9.65. The van der Waals surface area contributed by atoms with E-state index in [1.54, 1.807) is 16.8 Å². The summed E-state index contributed by atoms with van der Waals surface area (Å²) >= 11 is 0. The van der Waals surface area contributed by atoms with Gasteiger partial charge in [0.15, 0.2) is 11.5 Å². The highest BCUT2D eigenvalue weighted by Gasteiger charge is 2.27. The molecule has 0 atom stereocenters. The van der Waals surface area contributed by atoms with Crippen LogP contribution < -0.4 is 10.6 Å². The summed E-state index contributed by atoms with van der Waals surface area (Å²) in [5.74, 6) is 0.568. The van der Waals surface area contributed by atoms with Gasteiger partial charge in [-0.2, -0.15) is 13.2 Å². The molecule has 18 heavy (non-hydrogen) atoms. The number of imidazole rings is 1. The molecule has 0 amide bonds. The molecule has 0 radical (unpaired) electrons. The molecule has 0 saturated heterocycles. The summed E-state index contributed by atoms with van der Waals surface area (Å²) in [6.45, 7) is -0.192. The average molecular weight is 259 g/mol. The zero-order chi connectivity index (χ0) is 13.3. The molecule has 0 fully saturated rings. The van der Waals surface area contributed by atoms with Gasteiger partial charge in [0, 0.05) is 26.0 Å². The number of hydrogen-bond acceptors (Lipinski definition) is 4. The zero-order valence-corrected chi connectivity index (χ0v) is 9.65. The second-order valence-corrected chi connectivity index (χ2v) is 3.93. The number of aromatic nitrogens is 3. The Morgan fingerprint density at radius 2 is 2.17 bits per heavy atom. The summed E-state index contributed by atoms with van der Waals surface area (Å²) < 4.78 is 38.1. The van der Waals surface area contributed by atoms with Crippen molar-refractivity contribution in [1.29, 1.82) is 0 Å². The SMILES string of the molecule is CN(CCC(F)(F)F)c1nc(N)cn2ccnc12. The van der Waals surface area contributed by atoms with Gasteiger partial charge in [-0.1, -0.05) is 0 Å². The Balaban J connectivity index is 2.26. The van der Waals surface area contributed by atoms with Crippen LogP contribution in [0.3, 0.4) is 0 Å². The number of anilines is 2. The van der Waals surface area contributed by atoms with Crippen molar-refractivity contribution in [2.24, 2.45) is 0 Å². The third-order valence-corrected chi connectivity index (χ3v) is 2.47. The van der Waals surface area contributed by atoms with Crippen LogP contribution in [0.25, 0.3) is 5.65 Å². The third-order valence-electron chi connectivity index (χ3n) is 2.47. The largest absolute Gasteiger partial charge is 0.390 e. The molecule has 0 bridgehead atoms. The van der Waals surface area contributed by atoms with E-state index in [9.17, 15) is 13.2 Å². The van der Waals surface area contributed by atoms with Crippen LogP contribution in [0, 0.1) is 0 Å². The molecule has 98 valence electrons. The number of halogens is 3. The lowest BCUT2D eigenvalue weighted by atomic mass is 10.4. The number of hydrogen-bond donors (Lipinski definition) is 1. The van der Waals surface area contributed by atoms with Crippen LogP contribution >= 0.6 is 0 Å². The Morgan fingerprint density at radius 3 is 2.83 bits per heavy atom. The van der Waals surface area contributed by atoms with Crippen LogP contribution in [0.4, 0.5) is 24.8 Å². The predicted molar refractivity (Wildman–Crippen MR) is 61.3 cm³/mol. The second-order valence-electron chi connectivity index (χ2n) is 3.93. The monoisotopic (exact) mass is 259 g/mol. The van der Waals surface area contributed by atoms with Crippen molar-refractivity contribution in [2.45, 2.75) is 12.6 Å². The van der Waals surface area contributed by atoms with Gasteiger partial charge in [-0.05, 0) is 0 Å². The van der Waals surface area contributed by atoms with Gasteiger partial charge in [-0.15, -0.1) is 0 Å². The maximum atomic E-state index is 12.2. The molecule has 0 saturated carbocycles. The number of rotatable bonds is 3. The normalized spacial score (nSPS) is 12.0. The highest BCUT2D eigenvalue weighted by atomic mass is 19.4. The van der Waals surface area contributed by atoms with Crippen LogP contribution in [-0.2, 0) is 0 Å². The molecule has 2 N–H and O–H groups in total. The fourth-order valence-electron chi connectivity index (χ4n) is 1.59. The predicted octanol–water partition coefficient (Wildman–Crippen LogP) is 1.70. The van der Waals surface area contributed by atoms with E-state index < -0.39 is 12.6 Å². The van der Waals surface area contributed by atoms with E-state index in [4.69, 9.17) is 5.73 Å². The van der Waals surface area contributed by atoms with Gasteiger partial charge in [0.25, 0.3) is 0 Å². The minimum absolute atomic E-state index is 0.192. The fourth-order valence-corrected chi connectivity index (χ4v) is 1.59. The Hall–Kier alpha value is -1.99. The molecule has 0 unspecified atom stereocenters. The molecule has 0 aliphatic rings. The van der Waals surface area contributed by atoms with E-state index in [0.717, 1.165) is 0 Å². The van der Waals surface area contributed by atoms with E-state index in [1.165, 1.54) is 18.1 Å². The molecule has 2 heterocycles. The van der Waals surface area contributed by atoms with Gasteiger partial charge in [-0.3, -0.25) is 0 Å². The molecule has 8 heteroatoms. The van der Waals surface area contributed by atoms with Crippen molar-refractivity contribution >= 4 is 17.3 Å². The van der Waals surface area contributed by atoms with Crippen molar-refractivity contribution in [2.75, 3.05) is 24.2 Å². The molecule has 0 aromatic carbocycles. The van der Waals surface area contributed by atoms with E-state index in [0.29, 0.717) is 11.5 Å². The molecule has 2 aromatic heterocycles. The van der Waals surface area contributed by atoms with Gasteiger partial charge in [0.2, 0.25) is 0 Å². The summed E-state index contributed by atoms with van der Waals surface area (Å²) in [5.41, 5.74) is 6.08. The Bertz CT molecular complexity index is 548. The smallest absolute Gasteiger partial charge is 0.382 e. The highest BCUT2D eigenvalue weighted by molar-refractivity contribution is 5.65. The van der Waals surface area contributed by atoms with E-state index in [2.05, 4.69) is 9.97 Å². The first-order chi connectivity index (χ1) is 8.37. The Labute approximate surface area is 101 Å². The standard InChI is InChI=1S/C10H12F3N5/c1-17(4-2-10(11,12)13)9-8-15-3-5-18(8)6-7(14)16-9/h3,5-6H,2,4,14H2,1H3. The summed E-state index contributed by atoms with van der Waals surface area (Å²) in [5, 5.41) is 0. The summed E-state index contributed by atoms with van der Waals surface area (Å²) in [6.07, 6.45) is -0.345. The first-order valence-electron chi connectivity index (χ1n) is 5.24. The molecule has 0 spiro atoms. The maximum absolute atomic E-state index is 12.2.